The second-order valence-corrected chi connectivity index (χ2v) is 7.20. The lowest BCUT2D eigenvalue weighted by Gasteiger charge is -2.23. The fourth-order valence-electron chi connectivity index (χ4n) is 3.84. The molecule has 3 rings (SSSR count). The number of carbonyl (C=O) groups is 2. The van der Waals surface area contributed by atoms with E-state index in [0.29, 0.717) is 42.7 Å². The smallest absolute Gasteiger partial charge is 0.325 e. The summed E-state index contributed by atoms with van der Waals surface area (Å²) in [6.07, 6.45) is 6.18. The maximum atomic E-state index is 12.8. The fourth-order valence-corrected chi connectivity index (χ4v) is 3.84. The molecule has 1 aromatic rings. The van der Waals surface area contributed by atoms with Crippen molar-refractivity contribution < 1.29 is 19.1 Å². The van der Waals surface area contributed by atoms with Crippen LogP contribution in [-0.4, -0.2) is 57.2 Å². The van der Waals surface area contributed by atoms with Gasteiger partial charge in [-0.1, -0.05) is 19.3 Å². The van der Waals surface area contributed by atoms with Crippen LogP contribution in [0, 0.1) is 5.92 Å². The van der Waals surface area contributed by atoms with Gasteiger partial charge in [0.2, 0.25) is 5.91 Å². The Morgan fingerprint density at radius 1 is 1.15 bits per heavy atom. The number of rotatable bonds is 7. The summed E-state index contributed by atoms with van der Waals surface area (Å²) in [5.74, 6) is 1.75. The summed E-state index contributed by atoms with van der Waals surface area (Å²) in [5, 5.41) is 3.00. The van der Waals surface area contributed by atoms with Crippen LogP contribution in [0.3, 0.4) is 0 Å². The van der Waals surface area contributed by atoms with Crippen molar-refractivity contribution >= 4 is 17.6 Å². The second-order valence-electron chi connectivity index (χ2n) is 7.20. The van der Waals surface area contributed by atoms with Gasteiger partial charge in [-0.3, -0.25) is 9.69 Å². The Hall–Kier alpha value is -2.44. The first-order valence-electron chi connectivity index (χ1n) is 9.67. The standard InChI is InChI=1S/C20H29N3O4/c1-26-16-8-9-18(27-2)17(12-16)23-11-10-22(20(23)25)14-19(24)21-13-15-6-4-3-5-7-15/h8-9,12,15H,3-7,10-11,13-14H2,1-2H3,(H,21,24). The summed E-state index contributed by atoms with van der Waals surface area (Å²) >= 11 is 0. The van der Waals surface area contributed by atoms with Gasteiger partial charge in [0, 0.05) is 25.7 Å². The highest BCUT2D eigenvalue weighted by Crippen LogP contribution is 2.34. The predicted octanol–water partition coefficient (Wildman–Crippen LogP) is 2.64. The Bertz CT molecular complexity index is 673. The Labute approximate surface area is 160 Å². The zero-order valence-electron chi connectivity index (χ0n) is 16.2. The molecule has 7 heteroatoms. The van der Waals surface area contributed by atoms with Crippen molar-refractivity contribution in [3.63, 3.8) is 0 Å². The molecule has 1 saturated carbocycles. The number of carbonyl (C=O) groups excluding carboxylic acids is 2. The number of hydrogen-bond donors (Lipinski definition) is 1. The lowest BCUT2D eigenvalue weighted by Crippen LogP contribution is -2.41. The minimum atomic E-state index is -0.186. The molecule has 2 fully saturated rings. The molecule has 0 radical (unpaired) electrons. The molecule has 1 aliphatic heterocycles. The van der Waals surface area contributed by atoms with Crippen LogP contribution >= 0.6 is 0 Å². The number of amides is 3. The average Bonchev–Trinajstić information content (AvgIpc) is 3.06. The average molecular weight is 375 g/mol. The number of nitrogens with one attached hydrogen (secondary N) is 1. The number of anilines is 1. The maximum absolute atomic E-state index is 12.8. The first-order valence-corrected chi connectivity index (χ1v) is 9.67. The monoisotopic (exact) mass is 375 g/mol. The van der Waals surface area contributed by atoms with Gasteiger partial charge >= 0.3 is 6.03 Å². The predicted molar refractivity (Wildman–Crippen MR) is 103 cm³/mol. The molecule has 0 aromatic heterocycles. The van der Waals surface area contributed by atoms with Crippen LogP contribution in [0.1, 0.15) is 32.1 Å². The van der Waals surface area contributed by atoms with Crippen molar-refractivity contribution in [2.45, 2.75) is 32.1 Å². The van der Waals surface area contributed by atoms with E-state index in [0.717, 1.165) is 0 Å². The van der Waals surface area contributed by atoms with E-state index in [9.17, 15) is 9.59 Å². The lowest BCUT2D eigenvalue weighted by atomic mass is 9.89. The van der Waals surface area contributed by atoms with Crippen LogP contribution < -0.4 is 19.7 Å². The largest absolute Gasteiger partial charge is 0.497 e. The SMILES string of the molecule is COc1ccc(OC)c(N2CCN(CC(=O)NCC3CCCCC3)C2=O)c1. The summed E-state index contributed by atoms with van der Waals surface area (Å²) in [6, 6.07) is 5.17. The van der Waals surface area contributed by atoms with Crippen molar-refractivity contribution in [2.75, 3.05) is 45.3 Å². The number of benzene rings is 1. The van der Waals surface area contributed by atoms with Gasteiger partial charge in [-0.25, -0.2) is 4.79 Å². The minimum Gasteiger partial charge on any atom is -0.497 e. The molecule has 2 aliphatic rings. The topological polar surface area (TPSA) is 71.1 Å². The van der Waals surface area contributed by atoms with Crippen LogP contribution in [0.4, 0.5) is 10.5 Å². The normalized spacial score (nSPS) is 17.9. The third kappa shape index (κ3) is 4.64. The van der Waals surface area contributed by atoms with Gasteiger partial charge in [0.15, 0.2) is 0 Å². The van der Waals surface area contributed by atoms with Crippen LogP contribution in [0.2, 0.25) is 0 Å². The lowest BCUT2D eigenvalue weighted by molar-refractivity contribution is -0.121. The summed E-state index contributed by atoms with van der Waals surface area (Å²) in [7, 11) is 3.16. The van der Waals surface area contributed by atoms with Gasteiger partial charge < -0.3 is 19.7 Å². The molecule has 1 heterocycles. The van der Waals surface area contributed by atoms with Gasteiger partial charge in [-0.2, -0.15) is 0 Å². The Kier molecular flexibility index (Phi) is 6.42. The van der Waals surface area contributed by atoms with E-state index in [1.165, 1.54) is 32.1 Å². The molecule has 1 aliphatic carbocycles. The summed E-state index contributed by atoms with van der Waals surface area (Å²) in [6.45, 7) is 1.83. The zero-order chi connectivity index (χ0) is 19.2. The van der Waals surface area contributed by atoms with E-state index in [2.05, 4.69) is 5.32 Å². The van der Waals surface area contributed by atoms with Crippen molar-refractivity contribution in [1.29, 1.82) is 0 Å². The third-order valence-electron chi connectivity index (χ3n) is 5.42. The molecule has 148 valence electrons. The van der Waals surface area contributed by atoms with E-state index < -0.39 is 0 Å². The molecule has 1 aromatic carbocycles. The first kappa shape index (κ1) is 19.3. The van der Waals surface area contributed by atoms with Gasteiger partial charge in [-0.15, -0.1) is 0 Å². The third-order valence-corrected chi connectivity index (χ3v) is 5.42. The van der Waals surface area contributed by atoms with Gasteiger partial charge in [-0.05, 0) is 30.9 Å². The summed E-state index contributed by atoms with van der Waals surface area (Å²) in [5.41, 5.74) is 0.659. The van der Waals surface area contributed by atoms with Gasteiger partial charge in [0.1, 0.15) is 18.0 Å². The number of nitrogens with zero attached hydrogens (tertiary/aromatic N) is 2. The zero-order valence-corrected chi connectivity index (χ0v) is 16.2. The fraction of sp³-hybridized carbons (Fsp3) is 0.600. The Morgan fingerprint density at radius 2 is 1.93 bits per heavy atom. The van der Waals surface area contributed by atoms with E-state index >= 15 is 0 Å². The van der Waals surface area contributed by atoms with Crippen LogP contribution in [0.15, 0.2) is 18.2 Å². The molecule has 27 heavy (non-hydrogen) atoms. The molecule has 1 saturated heterocycles. The number of hydrogen-bond acceptors (Lipinski definition) is 4. The molecule has 0 atom stereocenters. The molecular weight excluding hydrogens is 346 g/mol. The highest BCUT2D eigenvalue weighted by molar-refractivity contribution is 5.97. The molecular formula is C20H29N3O4. The number of ether oxygens (including phenoxy) is 2. The van der Waals surface area contributed by atoms with Crippen molar-refractivity contribution in [2.24, 2.45) is 5.92 Å². The van der Waals surface area contributed by atoms with E-state index in [-0.39, 0.29) is 18.5 Å². The molecule has 3 amide bonds. The van der Waals surface area contributed by atoms with Crippen LogP contribution in [0.5, 0.6) is 11.5 Å². The van der Waals surface area contributed by atoms with Crippen molar-refractivity contribution in [3.05, 3.63) is 18.2 Å². The Morgan fingerprint density at radius 3 is 2.63 bits per heavy atom. The van der Waals surface area contributed by atoms with Crippen molar-refractivity contribution in [3.8, 4) is 11.5 Å². The Balaban J connectivity index is 1.57. The summed E-state index contributed by atoms with van der Waals surface area (Å²) < 4.78 is 10.6. The van der Waals surface area contributed by atoms with Gasteiger partial charge in [0.05, 0.1) is 19.9 Å². The van der Waals surface area contributed by atoms with Crippen LogP contribution in [-0.2, 0) is 4.79 Å². The van der Waals surface area contributed by atoms with Crippen molar-refractivity contribution in [1.82, 2.24) is 10.2 Å². The highest BCUT2D eigenvalue weighted by atomic mass is 16.5. The second kappa shape index (κ2) is 8.97. The quantitative estimate of drug-likeness (QED) is 0.795. The molecule has 0 unspecified atom stereocenters. The number of urea groups is 1. The molecule has 7 nitrogen and oxygen atoms in total. The van der Waals surface area contributed by atoms with E-state index in [4.69, 9.17) is 9.47 Å². The van der Waals surface area contributed by atoms with E-state index in [1.54, 1.807) is 42.2 Å². The van der Waals surface area contributed by atoms with Crippen LogP contribution in [0.25, 0.3) is 0 Å². The molecule has 0 bridgehead atoms. The first-order chi connectivity index (χ1) is 13.1. The van der Waals surface area contributed by atoms with Gasteiger partial charge in [0.25, 0.3) is 0 Å². The molecule has 0 spiro atoms. The van der Waals surface area contributed by atoms with E-state index in [1.807, 2.05) is 0 Å². The highest BCUT2D eigenvalue weighted by Gasteiger charge is 2.32. The maximum Gasteiger partial charge on any atom is 0.325 e. The molecule has 1 N–H and O–H groups in total. The summed E-state index contributed by atoms with van der Waals surface area (Å²) in [4.78, 5) is 28.3. The number of methoxy groups -OCH3 is 2. The minimum absolute atomic E-state index is 0.0895.